The van der Waals surface area contributed by atoms with E-state index in [2.05, 4.69) is 15.3 Å². The quantitative estimate of drug-likeness (QED) is 0.450. The van der Waals surface area contributed by atoms with Crippen molar-refractivity contribution in [2.24, 2.45) is 0 Å². The number of carbonyl (C=O) groups excluding carboxylic acids is 1. The summed E-state index contributed by atoms with van der Waals surface area (Å²) in [7, 11) is -3.17. The molecule has 0 rings (SSSR count). The third-order valence-electron chi connectivity index (χ3n) is 3.38. The molecule has 126 valence electrons. The molecule has 0 aromatic carbocycles. The number of rotatable bonds is 14. The molecular weight excluding hydrogens is 292 g/mol. The highest BCUT2D eigenvalue weighted by atomic mass is 32.3. The highest BCUT2D eigenvalue weighted by Crippen LogP contribution is 2.12. The van der Waals surface area contributed by atoms with Gasteiger partial charge in [-0.3, -0.25) is 4.79 Å². The summed E-state index contributed by atoms with van der Waals surface area (Å²) in [5.41, 5.74) is 0. The molecule has 0 atom stereocenters. The fourth-order valence-electron chi connectivity index (χ4n) is 2.12. The standard InChI is InChI=1S/C15H30O5S/c1-3-4-5-6-7-8-9-10-11-12-13-14-15(16)20-21(17,18)19-2/h3-14H2,1-2H3. The molecule has 0 N–H and O–H groups in total. The molecule has 0 radical (unpaired) electrons. The minimum atomic E-state index is -4.13. The van der Waals surface area contributed by atoms with Crippen LogP contribution in [0.25, 0.3) is 0 Å². The van der Waals surface area contributed by atoms with Crippen LogP contribution in [0.4, 0.5) is 0 Å². The Morgan fingerprint density at radius 1 is 0.810 bits per heavy atom. The van der Waals surface area contributed by atoms with Gasteiger partial charge in [0.05, 0.1) is 7.11 Å². The van der Waals surface area contributed by atoms with Crippen LogP contribution in [0.5, 0.6) is 0 Å². The number of hydrogen-bond donors (Lipinski definition) is 0. The van der Waals surface area contributed by atoms with Gasteiger partial charge < -0.3 is 4.18 Å². The summed E-state index contributed by atoms with van der Waals surface area (Å²) in [6.07, 6.45) is 13.2. The molecule has 0 aliphatic heterocycles. The largest absolute Gasteiger partial charge is 0.451 e. The number of unbranched alkanes of at least 4 members (excludes halogenated alkanes) is 10. The van der Waals surface area contributed by atoms with Crippen molar-refractivity contribution in [3.63, 3.8) is 0 Å². The van der Waals surface area contributed by atoms with Gasteiger partial charge in [0, 0.05) is 6.42 Å². The van der Waals surface area contributed by atoms with Crippen LogP contribution in [0.3, 0.4) is 0 Å². The SMILES string of the molecule is CCCCCCCCCCCCCC(=O)OS(=O)(=O)OC. The van der Waals surface area contributed by atoms with Crippen LogP contribution in [-0.2, 0) is 23.6 Å². The van der Waals surface area contributed by atoms with E-state index < -0.39 is 16.4 Å². The van der Waals surface area contributed by atoms with Crippen molar-refractivity contribution in [1.82, 2.24) is 0 Å². The molecule has 0 aromatic heterocycles. The second-order valence-corrected chi connectivity index (χ2v) is 6.63. The smallest absolute Gasteiger partial charge is 0.325 e. The van der Waals surface area contributed by atoms with Gasteiger partial charge in [-0.2, -0.15) is 8.42 Å². The van der Waals surface area contributed by atoms with E-state index >= 15 is 0 Å². The zero-order valence-electron chi connectivity index (χ0n) is 13.4. The summed E-state index contributed by atoms with van der Waals surface area (Å²) in [4.78, 5) is 11.2. The predicted molar refractivity (Wildman–Crippen MR) is 83.1 cm³/mol. The first-order valence-electron chi connectivity index (χ1n) is 8.04. The van der Waals surface area contributed by atoms with E-state index in [1.807, 2.05) is 0 Å². The van der Waals surface area contributed by atoms with Gasteiger partial charge in [0.2, 0.25) is 0 Å². The number of hydrogen-bond acceptors (Lipinski definition) is 5. The topological polar surface area (TPSA) is 69.7 Å². The Hall–Kier alpha value is -0.620. The summed E-state index contributed by atoms with van der Waals surface area (Å²) in [6.45, 7) is 2.22. The molecule has 0 spiro atoms. The molecule has 0 unspecified atom stereocenters. The summed E-state index contributed by atoms with van der Waals surface area (Å²) in [5, 5.41) is 0. The Morgan fingerprint density at radius 2 is 1.24 bits per heavy atom. The van der Waals surface area contributed by atoms with Crippen molar-refractivity contribution in [3.05, 3.63) is 0 Å². The van der Waals surface area contributed by atoms with Crippen LogP contribution in [0.1, 0.15) is 84.0 Å². The van der Waals surface area contributed by atoms with E-state index in [9.17, 15) is 13.2 Å². The van der Waals surface area contributed by atoms with Crippen LogP contribution in [-0.4, -0.2) is 21.5 Å². The van der Waals surface area contributed by atoms with E-state index in [1.54, 1.807) is 0 Å². The lowest BCUT2D eigenvalue weighted by Gasteiger charge is -2.03. The van der Waals surface area contributed by atoms with Gasteiger partial charge in [-0.05, 0) is 6.42 Å². The van der Waals surface area contributed by atoms with Crippen LogP contribution in [0, 0.1) is 0 Å². The molecule has 6 heteroatoms. The first-order valence-corrected chi connectivity index (χ1v) is 9.38. The van der Waals surface area contributed by atoms with Gasteiger partial charge in [-0.15, -0.1) is 0 Å². The van der Waals surface area contributed by atoms with E-state index in [4.69, 9.17) is 0 Å². The molecule has 0 bridgehead atoms. The van der Waals surface area contributed by atoms with Crippen molar-refractivity contribution >= 4 is 16.4 Å². The Labute approximate surface area is 129 Å². The lowest BCUT2D eigenvalue weighted by atomic mass is 10.1. The third kappa shape index (κ3) is 14.1. The summed E-state index contributed by atoms with van der Waals surface area (Å²) >= 11 is 0. The van der Waals surface area contributed by atoms with E-state index in [1.165, 1.54) is 51.4 Å². The molecule has 0 fully saturated rings. The highest BCUT2D eigenvalue weighted by Gasteiger charge is 2.15. The zero-order chi connectivity index (χ0) is 16.0. The van der Waals surface area contributed by atoms with E-state index in [0.29, 0.717) is 6.42 Å². The van der Waals surface area contributed by atoms with Gasteiger partial charge in [0.1, 0.15) is 0 Å². The molecule has 0 heterocycles. The van der Waals surface area contributed by atoms with Crippen molar-refractivity contribution in [3.8, 4) is 0 Å². The van der Waals surface area contributed by atoms with Crippen molar-refractivity contribution < 1.29 is 21.6 Å². The maximum atomic E-state index is 11.2. The molecule has 21 heavy (non-hydrogen) atoms. The van der Waals surface area contributed by atoms with Crippen LogP contribution in [0.2, 0.25) is 0 Å². The summed E-state index contributed by atoms with van der Waals surface area (Å²) < 4.78 is 29.9. The maximum absolute atomic E-state index is 11.2. The van der Waals surface area contributed by atoms with Gasteiger partial charge in [-0.25, -0.2) is 4.18 Å². The fourth-order valence-corrected chi connectivity index (χ4v) is 2.50. The summed E-state index contributed by atoms with van der Waals surface area (Å²) in [6, 6.07) is 0. The molecule has 0 aromatic rings. The predicted octanol–water partition coefficient (Wildman–Crippen LogP) is 4.12. The van der Waals surface area contributed by atoms with Crippen molar-refractivity contribution in [2.45, 2.75) is 84.0 Å². The fraction of sp³-hybridized carbons (Fsp3) is 0.933. The molecular formula is C15H30O5S. The molecule has 0 amide bonds. The van der Waals surface area contributed by atoms with E-state index in [-0.39, 0.29) is 6.42 Å². The zero-order valence-corrected chi connectivity index (χ0v) is 14.3. The minimum absolute atomic E-state index is 0.125. The van der Waals surface area contributed by atoms with Crippen LogP contribution < -0.4 is 0 Å². The molecule has 0 saturated heterocycles. The second kappa shape index (κ2) is 13.1. The van der Waals surface area contributed by atoms with E-state index in [0.717, 1.165) is 20.0 Å². The first-order chi connectivity index (χ1) is 10.0. The number of carbonyl (C=O) groups is 1. The Bertz CT molecular complexity index is 351. The van der Waals surface area contributed by atoms with Crippen LogP contribution >= 0.6 is 0 Å². The second-order valence-electron chi connectivity index (χ2n) is 5.32. The van der Waals surface area contributed by atoms with Gasteiger partial charge in [0.25, 0.3) is 0 Å². The molecule has 0 aliphatic carbocycles. The van der Waals surface area contributed by atoms with Crippen LogP contribution in [0.15, 0.2) is 0 Å². The maximum Gasteiger partial charge on any atom is 0.451 e. The summed E-state index contributed by atoms with van der Waals surface area (Å²) in [5.74, 6) is -0.743. The lowest BCUT2D eigenvalue weighted by molar-refractivity contribution is -0.134. The molecule has 5 nitrogen and oxygen atoms in total. The lowest BCUT2D eigenvalue weighted by Crippen LogP contribution is -2.13. The minimum Gasteiger partial charge on any atom is -0.325 e. The van der Waals surface area contributed by atoms with Crippen molar-refractivity contribution in [2.75, 3.05) is 7.11 Å². The average molecular weight is 322 g/mol. The average Bonchev–Trinajstić information content (AvgIpc) is 2.44. The van der Waals surface area contributed by atoms with Gasteiger partial charge in [0.15, 0.2) is 0 Å². The van der Waals surface area contributed by atoms with Gasteiger partial charge in [-0.1, -0.05) is 71.1 Å². The first kappa shape index (κ1) is 20.4. The molecule has 0 saturated carbocycles. The Morgan fingerprint density at radius 3 is 1.67 bits per heavy atom. The highest BCUT2D eigenvalue weighted by molar-refractivity contribution is 7.82. The van der Waals surface area contributed by atoms with Crippen molar-refractivity contribution in [1.29, 1.82) is 0 Å². The Kier molecular flexibility index (Phi) is 12.7. The Balaban J connectivity index is 3.31. The normalized spacial score (nSPS) is 11.5. The third-order valence-corrected chi connectivity index (χ3v) is 4.18. The monoisotopic (exact) mass is 322 g/mol. The molecule has 0 aliphatic rings. The van der Waals surface area contributed by atoms with Gasteiger partial charge >= 0.3 is 16.4 Å².